The van der Waals surface area contributed by atoms with Crippen LogP contribution >= 0.6 is 0 Å². The minimum atomic E-state index is -3.80. The highest BCUT2D eigenvalue weighted by atomic mass is 32.2. The summed E-state index contributed by atoms with van der Waals surface area (Å²) in [7, 11) is -3.80. The summed E-state index contributed by atoms with van der Waals surface area (Å²) in [6.45, 7) is 4.89. The largest absolute Gasteiger partial charge is 0.444 e. The van der Waals surface area contributed by atoms with Crippen molar-refractivity contribution in [3.05, 3.63) is 53.8 Å². The molecule has 0 saturated carbocycles. The fourth-order valence-corrected chi connectivity index (χ4v) is 3.28. The van der Waals surface area contributed by atoms with Gasteiger partial charge in [-0.2, -0.15) is 4.72 Å². The van der Waals surface area contributed by atoms with E-state index in [9.17, 15) is 22.4 Å². The summed E-state index contributed by atoms with van der Waals surface area (Å²) in [5.74, 6) is 0.889. The zero-order valence-corrected chi connectivity index (χ0v) is 18.0. The summed E-state index contributed by atoms with van der Waals surface area (Å²) in [6.07, 6.45) is 4.27. The molecule has 0 spiro atoms. The third kappa shape index (κ3) is 7.09. The normalized spacial score (nSPS) is 11.3. The first kappa shape index (κ1) is 23.9. The lowest BCUT2D eigenvalue weighted by Crippen LogP contribution is -2.27. The van der Waals surface area contributed by atoms with Crippen molar-refractivity contribution in [3.63, 3.8) is 0 Å². The van der Waals surface area contributed by atoms with Gasteiger partial charge in [-0.05, 0) is 63.2 Å². The molecule has 2 aromatic rings. The number of halogens is 1. The predicted octanol–water partition coefficient (Wildman–Crippen LogP) is 3.34. The molecule has 10 heteroatoms. The zero-order chi connectivity index (χ0) is 23.2. The number of sulfonamides is 1. The van der Waals surface area contributed by atoms with Crippen LogP contribution in [0.2, 0.25) is 0 Å². The Morgan fingerprint density at radius 3 is 2.29 bits per heavy atom. The summed E-state index contributed by atoms with van der Waals surface area (Å²) >= 11 is 0. The zero-order valence-electron chi connectivity index (χ0n) is 17.2. The number of amides is 2. The third-order valence-electron chi connectivity index (χ3n) is 3.66. The SMILES string of the molecule is C#CCNS(=O)(=O)c1ccc(C(=O)Nc2cc(F)ccc2NC(=O)OC(C)(C)C)cc1. The highest BCUT2D eigenvalue weighted by Crippen LogP contribution is 2.24. The van der Waals surface area contributed by atoms with E-state index < -0.39 is 33.4 Å². The van der Waals surface area contributed by atoms with Gasteiger partial charge in [0.25, 0.3) is 5.91 Å². The fourth-order valence-electron chi connectivity index (χ4n) is 2.34. The lowest BCUT2D eigenvalue weighted by molar-refractivity contribution is 0.0635. The Morgan fingerprint density at radius 1 is 1.06 bits per heavy atom. The highest BCUT2D eigenvalue weighted by molar-refractivity contribution is 7.89. The van der Waals surface area contributed by atoms with Crippen LogP contribution in [0.25, 0.3) is 0 Å². The van der Waals surface area contributed by atoms with Gasteiger partial charge in [0.1, 0.15) is 11.4 Å². The Hall–Kier alpha value is -3.42. The average Bonchev–Trinajstić information content (AvgIpc) is 2.67. The van der Waals surface area contributed by atoms with Crippen molar-refractivity contribution in [2.45, 2.75) is 31.3 Å². The van der Waals surface area contributed by atoms with Crippen molar-refractivity contribution in [2.75, 3.05) is 17.2 Å². The van der Waals surface area contributed by atoms with Crippen molar-refractivity contribution in [3.8, 4) is 12.3 Å². The molecule has 0 atom stereocenters. The maximum atomic E-state index is 13.7. The van der Waals surface area contributed by atoms with Gasteiger partial charge in [-0.1, -0.05) is 5.92 Å². The molecule has 0 aliphatic carbocycles. The van der Waals surface area contributed by atoms with Crippen LogP contribution in [0.3, 0.4) is 0 Å². The second-order valence-electron chi connectivity index (χ2n) is 7.32. The van der Waals surface area contributed by atoms with Gasteiger partial charge >= 0.3 is 6.09 Å². The first-order valence-electron chi connectivity index (χ1n) is 9.05. The molecule has 0 aliphatic rings. The van der Waals surface area contributed by atoms with Crippen molar-refractivity contribution in [1.82, 2.24) is 4.72 Å². The van der Waals surface area contributed by atoms with Crippen molar-refractivity contribution >= 4 is 33.4 Å². The summed E-state index contributed by atoms with van der Waals surface area (Å²) in [6, 6.07) is 8.48. The van der Waals surface area contributed by atoms with Crippen LogP contribution in [-0.2, 0) is 14.8 Å². The maximum absolute atomic E-state index is 13.7. The smallest absolute Gasteiger partial charge is 0.412 e. The molecule has 3 N–H and O–H groups in total. The lowest BCUT2D eigenvalue weighted by Gasteiger charge is -2.20. The number of carbonyl (C=O) groups excluding carboxylic acids is 2. The van der Waals surface area contributed by atoms with E-state index in [1.54, 1.807) is 20.8 Å². The van der Waals surface area contributed by atoms with Crippen molar-refractivity contribution in [2.24, 2.45) is 0 Å². The van der Waals surface area contributed by atoms with Crippen molar-refractivity contribution < 1.29 is 27.1 Å². The molecule has 164 valence electrons. The van der Waals surface area contributed by atoms with E-state index in [2.05, 4.69) is 21.3 Å². The molecule has 0 saturated heterocycles. The quantitative estimate of drug-likeness (QED) is 0.588. The maximum Gasteiger partial charge on any atom is 0.412 e. The first-order valence-corrected chi connectivity index (χ1v) is 10.5. The van der Waals surface area contributed by atoms with Crippen LogP contribution in [0.4, 0.5) is 20.6 Å². The van der Waals surface area contributed by atoms with Crippen LogP contribution in [0.15, 0.2) is 47.4 Å². The Labute approximate surface area is 180 Å². The molecule has 31 heavy (non-hydrogen) atoms. The molecule has 0 fully saturated rings. The van der Waals surface area contributed by atoms with E-state index in [1.165, 1.54) is 30.3 Å². The monoisotopic (exact) mass is 447 g/mol. The topological polar surface area (TPSA) is 114 Å². The Balaban J connectivity index is 2.19. The number of benzene rings is 2. The average molecular weight is 447 g/mol. The van der Waals surface area contributed by atoms with Gasteiger partial charge < -0.3 is 10.1 Å². The minimum absolute atomic E-state index is 0.00300. The Morgan fingerprint density at radius 2 is 1.71 bits per heavy atom. The number of ether oxygens (including phenoxy) is 1. The van der Waals surface area contributed by atoms with E-state index in [1.807, 2.05) is 0 Å². The van der Waals surface area contributed by atoms with E-state index in [0.717, 1.165) is 12.1 Å². The van der Waals surface area contributed by atoms with Gasteiger partial charge in [-0.3, -0.25) is 10.1 Å². The Bertz CT molecular complexity index is 1120. The van der Waals surface area contributed by atoms with Gasteiger partial charge in [0, 0.05) is 5.56 Å². The molecule has 2 aromatic carbocycles. The molecular weight excluding hydrogens is 425 g/mol. The molecule has 2 rings (SSSR count). The lowest BCUT2D eigenvalue weighted by atomic mass is 10.2. The van der Waals surface area contributed by atoms with Crippen molar-refractivity contribution in [1.29, 1.82) is 0 Å². The van der Waals surface area contributed by atoms with Crippen LogP contribution in [0.5, 0.6) is 0 Å². The van der Waals surface area contributed by atoms with E-state index in [4.69, 9.17) is 11.2 Å². The molecule has 0 radical (unpaired) electrons. The third-order valence-corrected chi connectivity index (χ3v) is 5.07. The van der Waals surface area contributed by atoms with Crippen LogP contribution < -0.4 is 15.4 Å². The number of nitrogens with one attached hydrogen (secondary N) is 3. The summed E-state index contributed by atoms with van der Waals surface area (Å²) < 4.78 is 45.2. The van der Waals surface area contributed by atoms with Gasteiger partial charge in [-0.25, -0.2) is 17.6 Å². The van der Waals surface area contributed by atoms with Gasteiger partial charge in [0.15, 0.2) is 0 Å². The number of hydrogen-bond acceptors (Lipinski definition) is 5. The van der Waals surface area contributed by atoms with Crippen LogP contribution in [0, 0.1) is 18.2 Å². The van der Waals surface area contributed by atoms with Gasteiger partial charge in [0.05, 0.1) is 22.8 Å². The second kappa shape index (κ2) is 9.59. The molecule has 0 aromatic heterocycles. The molecule has 0 bridgehead atoms. The summed E-state index contributed by atoms with van der Waals surface area (Å²) in [5, 5.41) is 4.94. The Kier molecular flexibility index (Phi) is 7.38. The predicted molar refractivity (Wildman–Crippen MR) is 115 cm³/mol. The highest BCUT2D eigenvalue weighted by Gasteiger charge is 2.19. The van der Waals surface area contributed by atoms with Gasteiger partial charge in [0.2, 0.25) is 10.0 Å². The minimum Gasteiger partial charge on any atom is -0.444 e. The number of rotatable bonds is 6. The van der Waals surface area contributed by atoms with E-state index >= 15 is 0 Å². The summed E-state index contributed by atoms with van der Waals surface area (Å²) in [5.41, 5.74) is -0.502. The van der Waals surface area contributed by atoms with Gasteiger partial charge in [-0.15, -0.1) is 6.42 Å². The molecular formula is C21H22FN3O5S. The standard InChI is InChI=1S/C21H22FN3O5S/c1-5-12-23-31(28,29)16-9-6-14(7-10-16)19(26)24-18-13-15(22)8-11-17(18)25-20(27)30-21(2,3)4/h1,6-11,13,23H,12H2,2-4H3,(H,24,26)(H,25,27). The molecule has 2 amide bonds. The van der Waals surface area contributed by atoms with E-state index in [-0.39, 0.29) is 28.4 Å². The van der Waals surface area contributed by atoms with E-state index in [0.29, 0.717) is 0 Å². The second-order valence-corrected chi connectivity index (χ2v) is 9.09. The number of carbonyl (C=O) groups is 2. The first-order chi connectivity index (χ1) is 14.4. The van der Waals surface area contributed by atoms with Crippen LogP contribution in [-0.4, -0.2) is 32.6 Å². The summed E-state index contributed by atoms with van der Waals surface area (Å²) in [4.78, 5) is 24.5. The molecule has 8 nitrogen and oxygen atoms in total. The van der Waals surface area contributed by atoms with Crippen LogP contribution in [0.1, 0.15) is 31.1 Å². The fraction of sp³-hybridized carbons (Fsp3) is 0.238. The number of hydrogen-bond donors (Lipinski definition) is 3. The molecule has 0 aliphatic heterocycles. The number of terminal acetylenes is 1. The molecule has 0 unspecified atom stereocenters. The molecule has 0 heterocycles. The number of anilines is 2.